The summed E-state index contributed by atoms with van der Waals surface area (Å²) in [5, 5.41) is 2.98. The van der Waals surface area contributed by atoms with E-state index in [2.05, 4.69) is 15.3 Å². The molecule has 1 saturated carbocycles. The zero-order valence-corrected chi connectivity index (χ0v) is 17.5. The highest BCUT2D eigenvalue weighted by Crippen LogP contribution is 2.35. The number of anilines is 1. The zero-order chi connectivity index (χ0) is 21.1. The third kappa shape index (κ3) is 4.58. The molecule has 0 spiro atoms. The predicted molar refractivity (Wildman–Crippen MR) is 113 cm³/mol. The monoisotopic (exact) mass is 408 g/mol. The van der Waals surface area contributed by atoms with Gasteiger partial charge in [0.25, 0.3) is 5.91 Å². The molecular weight excluding hydrogens is 380 g/mol. The number of aromatic nitrogens is 3. The van der Waals surface area contributed by atoms with Crippen LogP contribution in [-0.4, -0.2) is 65.4 Å². The summed E-state index contributed by atoms with van der Waals surface area (Å²) >= 11 is 0. The van der Waals surface area contributed by atoms with Gasteiger partial charge in [-0.15, -0.1) is 0 Å². The molecule has 8 nitrogen and oxygen atoms in total. The van der Waals surface area contributed by atoms with Gasteiger partial charge >= 0.3 is 0 Å². The number of likely N-dealkylation sites (tertiary alicyclic amines) is 1. The first-order valence-electron chi connectivity index (χ1n) is 10.5. The molecule has 3 heterocycles. The van der Waals surface area contributed by atoms with Crippen LogP contribution in [0.1, 0.15) is 46.8 Å². The molecule has 2 aromatic rings. The molecule has 2 aliphatic rings. The Morgan fingerprint density at radius 3 is 2.77 bits per heavy atom. The minimum absolute atomic E-state index is 0.0495. The fourth-order valence-electron chi connectivity index (χ4n) is 3.82. The summed E-state index contributed by atoms with van der Waals surface area (Å²) in [6.07, 6.45) is 8.68. The number of amides is 2. The fraction of sp³-hybridized carbons (Fsp3) is 0.500. The van der Waals surface area contributed by atoms with Crippen LogP contribution in [0.15, 0.2) is 30.7 Å². The summed E-state index contributed by atoms with van der Waals surface area (Å²) < 4.78 is 0. The Hall–Kier alpha value is -3.03. The number of rotatable bonds is 7. The van der Waals surface area contributed by atoms with Crippen molar-refractivity contribution < 1.29 is 9.59 Å². The molecule has 8 heteroatoms. The van der Waals surface area contributed by atoms with Gasteiger partial charge in [-0.3, -0.25) is 14.6 Å². The lowest BCUT2D eigenvalue weighted by molar-refractivity contribution is -0.131. The topological polar surface area (TPSA) is 91.3 Å². The molecule has 0 radical (unpaired) electrons. The molecule has 4 rings (SSSR count). The molecule has 2 aromatic heterocycles. The van der Waals surface area contributed by atoms with Gasteiger partial charge < -0.3 is 15.1 Å². The third-order valence-electron chi connectivity index (χ3n) is 5.69. The van der Waals surface area contributed by atoms with E-state index in [-0.39, 0.29) is 23.7 Å². The van der Waals surface area contributed by atoms with Crippen LogP contribution in [0.2, 0.25) is 0 Å². The van der Waals surface area contributed by atoms with Gasteiger partial charge in [0.05, 0.1) is 11.3 Å². The van der Waals surface area contributed by atoms with E-state index in [1.54, 1.807) is 18.6 Å². The van der Waals surface area contributed by atoms with Crippen LogP contribution in [0.3, 0.4) is 0 Å². The second kappa shape index (κ2) is 8.77. The Morgan fingerprint density at radius 1 is 1.23 bits per heavy atom. The number of hydrogen-bond donors (Lipinski definition) is 1. The van der Waals surface area contributed by atoms with E-state index in [1.807, 2.05) is 36.0 Å². The van der Waals surface area contributed by atoms with E-state index >= 15 is 0 Å². The van der Waals surface area contributed by atoms with Gasteiger partial charge in [0.1, 0.15) is 0 Å². The van der Waals surface area contributed by atoms with E-state index < -0.39 is 0 Å². The SMILES string of the molecule is CN(C)c1ncc(C(=O)NCCc2cccnc2)c(C2CCN(C(=O)C3CC3)C2)n1. The lowest BCUT2D eigenvalue weighted by Crippen LogP contribution is -2.31. The molecule has 1 N–H and O–H groups in total. The molecular formula is C22H28N6O2. The van der Waals surface area contributed by atoms with Crippen molar-refractivity contribution in [3.8, 4) is 0 Å². The highest BCUT2D eigenvalue weighted by Gasteiger charge is 2.38. The smallest absolute Gasteiger partial charge is 0.254 e. The molecule has 0 bridgehead atoms. The third-order valence-corrected chi connectivity index (χ3v) is 5.69. The van der Waals surface area contributed by atoms with E-state index in [0.29, 0.717) is 31.0 Å². The Kier molecular flexibility index (Phi) is 5.92. The molecule has 0 aromatic carbocycles. The molecule has 1 aliphatic heterocycles. The number of hydrogen-bond acceptors (Lipinski definition) is 6. The number of nitrogens with zero attached hydrogens (tertiary/aromatic N) is 5. The van der Waals surface area contributed by atoms with Gasteiger partial charge in [0, 0.05) is 64.2 Å². The maximum absolute atomic E-state index is 12.9. The van der Waals surface area contributed by atoms with E-state index in [9.17, 15) is 9.59 Å². The Morgan fingerprint density at radius 2 is 2.07 bits per heavy atom. The van der Waals surface area contributed by atoms with Crippen LogP contribution >= 0.6 is 0 Å². The van der Waals surface area contributed by atoms with Crippen molar-refractivity contribution in [1.82, 2.24) is 25.2 Å². The van der Waals surface area contributed by atoms with Crippen LogP contribution in [0.5, 0.6) is 0 Å². The van der Waals surface area contributed by atoms with Gasteiger partial charge in [0.2, 0.25) is 11.9 Å². The second-order valence-corrected chi connectivity index (χ2v) is 8.27. The highest BCUT2D eigenvalue weighted by atomic mass is 16.2. The van der Waals surface area contributed by atoms with E-state index in [0.717, 1.165) is 37.1 Å². The maximum Gasteiger partial charge on any atom is 0.254 e. The Labute approximate surface area is 176 Å². The molecule has 2 amide bonds. The van der Waals surface area contributed by atoms with Crippen molar-refractivity contribution in [3.63, 3.8) is 0 Å². The van der Waals surface area contributed by atoms with Crippen LogP contribution < -0.4 is 10.2 Å². The molecule has 1 aliphatic carbocycles. The summed E-state index contributed by atoms with van der Waals surface area (Å²) in [7, 11) is 3.76. The van der Waals surface area contributed by atoms with Crippen molar-refractivity contribution in [3.05, 3.63) is 47.5 Å². The van der Waals surface area contributed by atoms with Gasteiger partial charge in [-0.2, -0.15) is 0 Å². The summed E-state index contributed by atoms with van der Waals surface area (Å²) in [4.78, 5) is 42.3. The van der Waals surface area contributed by atoms with E-state index in [1.165, 1.54) is 0 Å². The van der Waals surface area contributed by atoms with Crippen molar-refractivity contribution in [2.45, 2.75) is 31.6 Å². The zero-order valence-electron chi connectivity index (χ0n) is 17.5. The van der Waals surface area contributed by atoms with Gasteiger partial charge in [0.15, 0.2) is 0 Å². The summed E-state index contributed by atoms with van der Waals surface area (Å²) in [5.74, 6) is 0.909. The van der Waals surface area contributed by atoms with Crippen molar-refractivity contribution in [2.75, 3.05) is 38.6 Å². The quantitative estimate of drug-likeness (QED) is 0.749. The molecule has 1 atom stereocenters. The van der Waals surface area contributed by atoms with Crippen LogP contribution in [0.25, 0.3) is 0 Å². The van der Waals surface area contributed by atoms with Crippen molar-refractivity contribution >= 4 is 17.8 Å². The average Bonchev–Trinajstić information content (AvgIpc) is 3.49. The fourth-order valence-corrected chi connectivity index (χ4v) is 3.82. The number of nitrogens with one attached hydrogen (secondary N) is 1. The first-order valence-corrected chi connectivity index (χ1v) is 10.5. The lowest BCUT2D eigenvalue weighted by atomic mass is 9.99. The minimum atomic E-state index is -0.175. The molecule has 1 saturated heterocycles. The molecule has 30 heavy (non-hydrogen) atoms. The molecule has 1 unspecified atom stereocenters. The number of pyridine rings is 1. The minimum Gasteiger partial charge on any atom is -0.352 e. The number of carbonyl (C=O) groups excluding carboxylic acids is 2. The first-order chi connectivity index (χ1) is 14.5. The van der Waals surface area contributed by atoms with Crippen molar-refractivity contribution in [1.29, 1.82) is 0 Å². The lowest BCUT2D eigenvalue weighted by Gasteiger charge is -2.19. The average molecular weight is 409 g/mol. The Balaban J connectivity index is 1.48. The van der Waals surface area contributed by atoms with E-state index in [4.69, 9.17) is 4.98 Å². The predicted octanol–water partition coefficient (Wildman–Crippen LogP) is 1.64. The van der Waals surface area contributed by atoms with Crippen LogP contribution in [-0.2, 0) is 11.2 Å². The normalized spacial score (nSPS) is 18.3. The number of carbonyl (C=O) groups is 2. The van der Waals surface area contributed by atoms with Crippen molar-refractivity contribution in [2.24, 2.45) is 5.92 Å². The first kappa shape index (κ1) is 20.3. The maximum atomic E-state index is 12.9. The largest absolute Gasteiger partial charge is 0.352 e. The van der Waals surface area contributed by atoms with Gasteiger partial charge in [-0.05, 0) is 37.3 Å². The molecule has 158 valence electrons. The summed E-state index contributed by atoms with van der Waals surface area (Å²) in [6.45, 7) is 1.86. The second-order valence-electron chi connectivity index (χ2n) is 8.27. The summed E-state index contributed by atoms with van der Waals surface area (Å²) in [6, 6.07) is 3.88. The Bertz CT molecular complexity index is 913. The van der Waals surface area contributed by atoms with Gasteiger partial charge in [-0.25, -0.2) is 9.97 Å². The van der Waals surface area contributed by atoms with Gasteiger partial charge in [-0.1, -0.05) is 6.07 Å². The van der Waals surface area contributed by atoms with Crippen LogP contribution in [0, 0.1) is 5.92 Å². The van der Waals surface area contributed by atoms with Crippen LogP contribution in [0.4, 0.5) is 5.95 Å². The summed E-state index contributed by atoms with van der Waals surface area (Å²) in [5.41, 5.74) is 2.30. The standard InChI is InChI=1S/C22H28N6O2/c1-27(2)22-25-13-18(20(29)24-10-7-15-4-3-9-23-12-15)19(26-22)17-8-11-28(14-17)21(30)16-5-6-16/h3-4,9,12-13,16-17H,5-8,10-11,14H2,1-2H3,(H,24,29). The highest BCUT2D eigenvalue weighted by molar-refractivity contribution is 5.95. The molecule has 2 fully saturated rings.